The number of carbonyl (C=O) groups is 1. The largest absolute Gasteiger partial charge is 0.497 e. The summed E-state index contributed by atoms with van der Waals surface area (Å²) in [5.41, 5.74) is 4.72. The van der Waals surface area contributed by atoms with Gasteiger partial charge in [-0.15, -0.1) is 0 Å². The maximum Gasteiger partial charge on any atom is 0.365 e. The first-order valence-electron chi connectivity index (χ1n) is 4.88. The summed E-state index contributed by atoms with van der Waals surface area (Å²) >= 11 is 0. The predicted molar refractivity (Wildman–Crippen MR) is 53.1 cm³/mol. The van der Waals surface area contributed by atoms with Crippen LogP contribution in [-0.4, -0.2) is 19.1 Å². The number of methoxy groups -OCH3 is 1. The van der Waals surface area contributed by atoms with Gasteiger partial charge in [0.05, 0.1) is 13.5 Å². The molecule has 1 aliphatic heterocycles. The minimum atomic E-state index is -0.239. The lowest BCUT2D eigenvalue weighted by Gasteiger charge is -2.08. The van der Waals surface area contributed by atoms with Gasteiger partial charge in [0.2, 0.25) is 0 Å². The molecule has 15 heavy (non-hydrogen) atoms. The van der Waals surface area contributed by atoms with E-state index in [0.717, 1.165) is 11.3 Å². The van der Waals surface area contributed by atoms with Gasteiger partial charge in [0.15, 0.2) is 6.04 Å². The highest BCUT2D eigenvalue weighted by atomic mass is 16.6. The van der Waals surface area contributed by atoms with Crippen molar-refractivity contribution in [3.8, 4) is 5.75 Å². The molecule has 1 aromatic rings. The average molecular weight is 208 g/mol. The van der Waals surface area contributed by atoms with Crippen LogP contribution in [0.3, 0.4) is 0 Å². The summed E-state index contributed by atoms with van der Waals surface area (Å²) in [5, 5.41) is 0. The van der Waals surface area contributed by atoms with Crippen LogP contribution in [0.25, 0.3) is 0 Å². The SMILES string of the molecule is COc1ccc([C@H]2C[C@@H]([NH3+])C(=O)O2)cc1. The minimum Gasteiger partial charge on any atom is -0.497 e. The van der Waals surface area contributed by atoms with E-state index in [2.05, 4.69) is 5.73 Å². The molecular weight excluding hydrogens is 194 g/mol. The van der Waals surface area contributed by atoms with Crippen LogP contribution in [0.1, 0.15) is 18.1 Å². The minimum absolute atomic E-state index is 0.147. The van der Waals surface area contributed by atoms with Gasteiger partial charge in [-0.2, -0.15) is 0 Å². The highest BCUT2D eigenvalue weighted by Crippen LogP contribution is 2.29. The molecule has 1 saturated heterocycles. The molecule has 0 aliphatic carbocycles. The molecule has 3 N–H and O–H groups in total. The summed E-state index contributed by atoms with van der Waals surface area (Å²) in [5.74, 6) is 0.588. The number of quaternary nitrogens is 1. The van der Waals surface area contributed by atoms with Crippen molar-refractivity contribution in [2.75, 3.05) is 7.11 Å². The van der Waals surface area contributed by atoms with E-state index in [1.54, 1.807) is 7.11 Å². The van der Waals surface area contributed by atoms with E-state index in [1.807, 2.05) is 24.3 Å². The van der Waals surface area contributed by atoms with Crippen molar-refractivity contribution in [1.29, 1.82) is 0 Å². The molecule has 0 radical (unpaired) electrons. The lowest BCUT2D eigenvalue weighted by atomic mass is 10.1. The van der Waals surface area contributed by atoms with Gasteiger partial charge in [-0.25, -0.2) is 4.79 Å². The fourth-order valence-corrected chi connectivity index (χ4v) is 1.66. The molecule has 0 spiro atoms. The monoisotopic (exact) mass is 208 g/mol. The van der Waals surface area contributed by atoms with E-state index in [4.69, 9.17) is 9.47 Å². The average Bonchev–Trinajstić information content (AvgIpc) is 2.59. The zero-order valence-corrected chi connectivity index (χ0v) is 8.60. The number of hydrogen-bond acceptors (Lipinski definition) is 3. The number of rotatable bonds is 2. The highest BCUT2D eigenvalue weighted by molar-refractivity contribution is 5.76. The van der Waals surface area contributed by atoms with E-state index in [9.17, 15) is 4.79 Å². The van der Waals surface area contributed by atoms with Crippen LogP contribution in [0.5, 0.6) is 5.75 Å². The topological polar surface area (TPSA) is 63.2 Å². The van der Waals surface area contributed by atoms with Gasteiger partial charge in [-0.05, 0) is 17.7 Å². The standard InChI is InChI=1S/C11H13NO3/c1-14-8-4-2-7(3-5-8)10-6-9(12)11(13)15-10/h2-5,9-10H,6,12H2,1H3/p+1/t9-,10-/m1/s1. The smallest absolute Gasteiger partial charge is 0.365 e. The van der Waals surface area contributed by atoms with Crippen molar-refractivity contribution >= 4 is 5.97 Å². The molecule has 0 amide bonds. The van der Waals surface area contributed by atoms with Crippen LogP contribution in [0.4, 0.5) is 0 Å². The molecule has 0 aromatic heterocycles. The van der Waals surface area contributed by atoms with E-state index >= 15 is 0 Å². The van der Waals surface area contributed by atoms with Crippen LogP contribution in [0, 0.1) is 0 Å². The normalized spacial score (nSPS) is 25.1. The summed E-state index contributed by atoms with van der Waals surface area (Å²) in [7, 11) is 1.62. The van der Waals surface area contributed by atoms with Gasteiger partial charge < -0.3 is 15.2 Å². The molecule has 4 heteroatoms. The van der Waals surface area contributed by atoms with Crippen molar-refractivity contribution in [3.63, 3.8) is 0 Å². The summed E-state index contributed by atoms with van der Waals surface area (Å²) in [4.78, 5) is 11.2. The Morgan fingerprint density at radius 2 is 2.07 bits per heavy atom. The van der Waals surface area contributed by atoms with Crippen LogP contribution in [0.15, 0.2) is 24.3 Å². The molecule has 2 rings (SSSR count). The third-order valence-electron chi connectivity index (χ3n) is 2.58. The Morgan fingerprint density at radius 3 is 2.53 bits per heavy atom. The number of hydrogen-bond donors (Lipinski definition) is 1. The number of esters is 1. The third kappa shape index (κ3) is 1.94. The summed E-state index contributed by atoms with van der Waals surface area (Å²) < 4.78 is 10.2. The molecule has 0 saturated carbocycles. The first-order valence-corrected chi connectivity index (χ1v) is 4.88. The first-order chi connectivity index (χ1) is 7.20. The molecule has 4 nitrogen and oxygen atoms in total. The molecule has 1 aromatic carbocycles. The van der Waals surface area contributed by atoms with Gasteiger partial charge in [0.25, 0.3) is 0 Å². The third-order valence-corrected chi connectivity index (χ3v) is 2.58. The second kappa shape index (κ2) is 3.90. The lowest BCUT2D eigenvalue weighted by molar-refractivity contribution is -0.402. The summed E-state index contributed by atoms with van der Waals surface area (Å²) in [6.45, 7) is 0. The Balaban J connectivity index is 2.13. The molecule has 0 bridgehead atoms. The Kier molecular flexibility index (Phi) is 2.60. The van der Waals surface area contributed by atoms with E-state index in [1.165, 1.54) is 0 Å². The number of ether oxygens (including phenoxy) is 2. The Labute approximate surface area is 88.0 Å². The van der Waals surface area contributed by atoms with E-state index in [-0.39, 0.29) is 18.1 Å². The van der Waals surface area contributed by atoms with Crippen molar-refractivity contribution in [1.82, 2.24) is 0 Å². The van der Waals surface area contributed by atoms with Crippen LogP contribution in [0.2, 0.25) is 0 Å². The fourth-order valence-electron chi connectivity index (χ4n) is 1.66. The molecule has 1 aliphatic rings. The van der Waals surface area contributed by atoms with Crippen molar-refractivity contribution in [3.05, 3.63) is 29.8 Å². The molecular formula is C11H14NO3+. The first kappa shape index (κ1) is 9.98. The van der Waals surface area contributed by atoms with Crippen LogP contribution in [-0.2, 0) is 9.53 Å². The molecule has 1 fully saturated rings. The number of carbonyl (C=O) groups excluding carboxylic acids is 1. The van der Waals surface area contributed by atoms with E-state index < -0.39 is 0 Å². The van der Waals surface area contributed by atoms with Crippen molar-refractivity contribution in [2.45, 2.75) is 18.6 Å². The maximum absolute atomic E-state index is 11.2. The number of cyclic esters (lactones) is 1. The number of benzene rings is 1. The quantitative estimate of drug-likeness (QED) is 0.711. The molecule has 0 unspecified atom stereocenters. The fraction of sp³-hybridized carbons (Fsp3) is 0.364. The van der Waals surface area contributed by atoms with Crippen molar-refractivity contribution < 1.29 is 20.0 Å². The van der Waals surface area contributed by atoms with Crippen molar-refractivity contribution in [2.24, 2.45) is 0 Å². The lowest BCUT2D eigenvalue weighted by Crippen LogP contribution is -2.63. The van der Waals surface area contributed by atoms with Gasteiger partial charge in [0, 0.05) is 0 Å². The van der Waals surface area contributed by atoms with Gasteiger partial charge >= 0.3 is 5.97 Å². The zero-order chi connectivity index (χ0) is 10.8. The van der Waals surface area contributed by atoms with Crippen LogP contribution < -0.4 is 10.5 Å². The second-order valence-electron chi connectivity index (χ2n) is 3.63. The van der Waals surface area contributed by atoms with Crippen LogP contribution >= 0.6 is 0 Å². The molecule has 80 valence electrons. The maximum atomic E-state index is 11.2. The Morgan fingerprint density at radius 1 is 1.40 bits per heavy atom. The second-order valence-corrected chi connectivity index (χ2v) is 3.63. The van der Waals surface area contributed by atoms with E-state index in [0.29, 0.717) is 6.42 Å². The van der Waals surface area contributed by atoms with Gasteiger partial charge in [-0.3, -0.25) is 0 Å². The summed E-state index contributed by atoms with van der Waals surface area (Å²) in [6, 6.07) is 7.31. The van der Waals surface area contributed by atoms with Gasteiger partial charge in [-0.1, -0.05) is 12.1 Å². The molecule has 2 atom stereocenters. The van der Waals surface area contributed by atoms with Gasteiger partial charge in [0.1, 0.15) is 11.9 Å². The highest BCUT2D eigenvalue weighted by Gasteiger charge is 2.35. The molecule has 1 heterocycles. The Hall–Kier alpha value is -1.55. The Bertz CT molecular complexity index is 361. The summed E-state index contributed by atoms with van der Waals surface area (Å²) in [6.07, 6.45) is 0.511. The predicted octanol–water partition coefficient (Wildman–Crippen LogP) is 0.294. The zero-order valence-electron chi connectivity index (χ0n) is 8.60.